The Morgan fingerprint density at radius 2 is 2.20 bits per heavy atom. The van der Waals surface area contributed by atoms with Gasteiger partial charge in [-0.25, -0.2) is 4.98 Å². The predicted octanol–water partition coefficient (Wildman–Crippen LogP) is 2.58. The first-order valence-electron chi connectivity index (χ1n) is 9.51. The Bertz CT molecular complexity index is 576. The molecule has 2 fully saturated rings. The van der Waals surface area contributed by atoms with Crippen molar-refractivity contribution in [3.63, 3.8) is 0 Å². The Labute approximate surface area is 150 Å². The summed E-state index contributed by atoms with van der Waals surface area (Å²) in [6, 6.07) is 0. The quantitative estimate of drug-likeness (QED) is 0.820. The molecule has 6 heteroatoms. The Morgan fingerprint density at radius 3 is 2.88 bits per heavy atom. The second-order valence-corrected chi connectivity index (χ2v) is 7.54. The van der Waals surface area contributed by atoms with Crippen LogP contribution in [0.25, 0.3) is 0 Å². The lowest BCUT2D eigenvalue weighted by Gasteiger charge is -2.48. The van der Waals surface area contributed by atoms with Crippen LogP contribution in [0, 0.1) is 0 Å². The summed E-state index contributed by atoms with van der Waals surface area (Å²) in [6.45, 7) is 7.29. The van der Waals surface area contributed by atoms with Gasteiger partial charge in [0.25, 0.3) is 0 Å². The first-order chi connectivity index (χ1) is 12.1. The van der Waals surface area contributed by atoms with Crippen LogP contribution in [0.1, 0.15) is 57.7 Å². The van der Waals surface area contributed by atoms with Crippen molar-refractivity contribution in [1.29, 1.82) is 0 Å². The minimum Gasteiger partial charge on any atom is -0.378 e. The predicted molar refractivity (Wildman–Crippen MR) is 95.5 cm³/mol. The van der Waals surface area contributed by atoms with E-state index in [2.05, 4.69) is 23.4 Å². The number of carbonyl (C=O) groups excluding carboxylic acids is 1. The van der Waals surface area contributed by atoms with E-state index in [-0.39, 0.29) is 17.6 Å². The maximum atomic E-state index is 12.6. The maximum absolute atomic E-state index is 12.6. The lowest BCUT2D eigenvalue weighted by atomic mass is 9.82. The summed E-state index contributed by atoms with van der Waals surface area (Å²) in [5.41, 5.74) is -0.182. The first-order valence-corrected chi connectivity index (χ1v) is 9.51. The number of likely N-dealkylation sites (tertiary alicyclic amines) is 1. The lowest BCUT2D eigenvalue weighted by Crippen LogP contribution is -2.56. The highest BCUT2D eigenvalue weighted by molar-refractivity contribution is 5.76. The molecule has 0 unspecified atom stereocenters. The van der Waals surface area contributed by atoms with Crippen LogP contribution in [-0.4, -0.2) is 58.9 Å². The zero-order valence-corrected chi connectivity index (χ0v) is 15.7. The van der Waals surface area contributed by atoms with Gasteiger partial charge in [-0.2, -0.15) is 0 Å². The molecule has 6 nitrogen and oxygen atoms in total. The smallest absolute Gasteiger partial charge is 0.224 e. The highest BCUT2D eigenvalue weighted by Crippen LogP contribution is 2.36. The van der Waals surface area contributed by atoms with Gasteiger partial charge in [0.05, 0.1) is 11.7 Å². The van der Waals surface area contributed by atoms with E-state index in [1.165, 1.54) is 0 Å². The van der Waals surface area contributed by atoms with Crippen LogP contribution in [0.2, 0.25) is 0 Å². The van der Waals surface area contributed by atoms with E-state index < -0.39 is 0 Å². The number of hydrogen-bond acceptors (Lipinski definition) is 4. The van der Waals surface area contributed by atoms with E-state index in [0.717, 1.165) is 51.2 Å². The Hall–Kier alpha value is -1.40. The Balaban J connectivity index is 1.52. The number of ether oxygens (including phenoxy) is 2. The van der Waals surface area contributed by atoms with Crippen molar-refractivity contribution in [2.45, 2.75) is 70.1 Å². The van der Waals surface area contributed by atoms with Gasteiger partial charge in [0.1, 0.15) is 5.82 Å². The van der Waals surface area contributed by atoms with Gasteiger partial charge in [-0.1, -0.05) is 13.8 Å². The van der Waals surface area contributed by atoms with Crippen molar-refractivity contribution in [1.82, 2.24) is 14.5 Å². The van der Waals surface area contributed by atoms with Crippen LogP contribution in [0.3, 0.4) is 0 Å². The standard InChI is InChI=1S/C19H31N3O3/c1-15(2)18-20-9-13-22(18)10-6-17(23)21-11-7-19(8-12-21)16(24-3)5-4-14-25-19/h9,13,15-16H,4-8,10-12,14H2,1-3H3/t16-/m1/s1. The van der Waals surface area contributed by atoms with Crippen molar-refractivity contribution < 1.29 is 14.3 Å². The number of piperidine rings is 1. The van der Waals surface area contributed by atoms with Crippen molar-refractivity contribution in [3.8, 4) is 0 Å². The number of amides is 1. The van der Waals surface area contributed by atoms with Gasteiger partial charge in [0.15, 0.2) is 0 Å². The fraction of sp³-hybridized carbons (Fsp3) is 0.789. The van der Waals surface area contributed by atoms with Gasteiger partial charge in [0.2, 0.25) is 5.91 Å². The number of rotatable bonds is 5. The highest BCUT2D eigenvalue weighted by Gasteiger charge is 2.45. The molecule has 0 aliphatic carbocycles. The van der Waals surface area contributed by atoms with Gasteiger partial charge in [-0.05, 0) is 25.7 Å². The van der Waals surface area contributed by atoms with Gasteiger partial charge >= 0.3 is 0 Å². The fourth-order valence-corrected chi connectivity index (χ4v) is 4.22. The third-order valence-electron chi connectivity index (χ3n) is 5.66. The number of methoxy groups -OCH3 is 1. The number of nitrogens with zero attached hydrogens (tertiary/aromatic N) is 3. The second kappa shape index (κ2) is 7.87. The minimum atomic E-state index is -0.182. The number of carbonyl (C=O) groups is 1. The van der Waals surface area contributed by atoms with Crippen LogP contribution in [0.15, 0.2) is 12.4 Å². The molecule has 1 spiro atoms. The topological polar surface area (TPSA) is 56.6 Å². The van der Waals surface area contributed by atoms with E-state index >= 15 is 0 Å². The summed E-state index contributed by atoms with van der Waals surface area (Å²) < 4.78 is 13.9. The van der Waals surface area contributed by atoms with Gasteiger partial charge in [-0.3, -0.25) is 4.79 Å². The zero-order valence-electron chi connectivity index (χ0n) is 15.7. The molecule has 1 atom stereocenters. The van der Waals surface area contributed by atoms with Gasteiger partial charge < -0.3 is 18.9 Å². The first kappa shape index (κ1) is 18.4. The molecule has 0 radical (unpaired) electrons. The molecule has 1 aromatic rings. The van der Waals surface area contributed by atoms with Crippen LogP contribution in [0.5, 0.6) is 0 Å². The molecule has 2 aliphatic heterocycles. The Kier molecular flexibility index (Phi) is 5.79. The molecular formula is C19H31N3O3. The van der Waals surface area contributed by atoms with Crippen molar-refractivity contribution in [2.75, 3.05) is 26.8 Å². The van der Waals surface area contributed by atoms with Crippen LogP contribution in [-0.2, 0) is 20.8 Å². The van der Waals surface area contributed by atoms with Gasteiger partial charge in [0, 0.05) is 58.1 Å². The van der Waals surface area contributed by atoms with E-state index in [1.807, 2.05) is 17.3 Å². The Morgan fingerprint density at radius 1 is 1.44 bits per heavy atom. The highest BCUT2D eigenvalue weighted by atomic mass is 16.5. The molecule has 2 saturated heterocycles. The van der Waals surface area contributed by atoms with Crippen molar-refractivity contribution in [3.05, 3.63) is 18.2 Å². The van der Waals surface area contributed by atoms with Crippen LogP contribution in [0.4, 0.5) is 0 Å². The molecule has 25 heavy (non-hydrogen) atoms. The average molecular weight is 349 g/mol. The molecule has 0 saturated carbocycles. The number of aromatic nitrogens is 2. The number of aryl methyl sites for hydroxylation is 1. The molecule has 140 valence electrons. The second-order valence-electron chi connectivity index (χ2n) is 7.54. The number of imidazole rings is 1. The number of hydrogen-bond donors (Lipinski definition) is 0. The summed E-state index contributed by atoms with van der Waals surface area (Å²) in [4.78, 5) is 19.0. The van der Waals surface area contributed by atoms with Crippen LogP contribution < -0.4 is 0 Å². The third kappa shape index (κ3) is 3.90. The van der Waals surface area contributed by atoms with Crippen molar-refractivity contribution >= 4 is 5.91 Å². The average Bonchev–Trinajstić information content (AvgIpc) is 3.09. The summed E-state index contributed by atoms with van der Waals surface area (Å²) >= 11 is 0. The molecule has 0 N–H and O–H groups in total. The molecule has 0 bridgehead atoms. The van der Waals surface area contributed by atoms with E-state index in [9.17, 15) is 4.79 Å². The normalized spacial score (nSPS) is 23.4. The van der Waals surface area contributed by atoms with Crippen molar-refractivity contribution in [2.24, 2.45) is 0 Å². The molecule has 0 aromatic carbocycles. The third-order valence-corrected chi connectivity index (χ3v) is 5.66. The van der Waals surface area contributed by atoms with E-state index in [0.29, 0.717) is 18.9 Å². The zero-order chi connectivity index (χ0) is 17.9. The molecule has 3 rings (SSSR count). The molecule has 1 amide bonds. The van der Waals surface area contributed by atoms with Gasteiger partial charge in [-0.15, -0.1) is 0 Å². The molecule has 2 aliphatic rings. The minimum absolute atomic E-state index is 0.165. The fourth-order valence-electron chi connectivity index (χ4n) is 4.22. The summed E-state index contributed by atoms with van der Waals surface area (Å²) in [6.07, 6.45) is 8.34. The lowest BCUT2D eigenvalue weighted by molar-refractivity contribution is -0.188. The van der Waals surface area contributed by atoms with E-state index in [1.54, 1.807) is 7.11 Å². The molecular weight excluding hydrogens is 318 g/mol. The largest absolute Gasteiger partial charge is 0.378 e. The summed E-state index contributed by atoms with van der Waals surface area (Å²) in [5.74, 6) is 1.64. The van der Waals surface area contributed by atoms with E-state index in [4.69, 9.17) is 9.47 Å². The van der Waals surface area contributed by atoms with Crippen LogP contribution >= 0.6 is 0 Å². The molecule has 1 aromatic heterocycles. The molecule has 3 heterocycles. The SMILES string of the molecule is CO[C@@H]1CCCOC12CCN(C(=O)CCn1ccnc1C(C)C)CC2. The summed E-state index contributed by atoms with van der Waals surface area (Å²) in [7, 11) is 1.77. The maximum Gasteiger partial charge on any atom is 0.224 e. The monoisotopic (exact) mass is 349 g/mol. The summed E-state index contributed by atoms with van der Waals surface area (Å²) in [5, 5.41) is 0.